The minimum absolute atomic E-state index is 0.0564. The van der Waals surface area contributed by atoms with E-state index in [1.807, 2.05) is 73.7 Å². The lowest BCUT2D eigenvalue weighted by Gasteiger charge is -2.46. The largest absolute Gasteiger partial charge is 0.485 e. The average molecular weight is 681 g/mol. The molecule has 0 radical (unpaired) electrons. The highest BCUT2D eigenvalue weighted by atomic mass is 32.2. The number of hydrogen-bond acceptors (Lipinski definition) is 9. The fourth-order valence-corrected chi connectivity index (χ4v) is 8.89. The van der Waals surface area contributed by atoms with E-state index in [1.165, 1.54) is 0 Å². The molecule has 10 heteroatoms. The number of thioether (sulfide) groups is 1. The van der Waals surface area contributed by atoms with Crippen LogP contribution in [0.1, 0.15) is 52.7 Å². The average Bonchev–Trinajstić information content (AvgIpc) is 3.03. The van der Waals surface area contributed by atoms with E-state index >= 15 is 0 Å². The van der Waals surface area contributed by atoms with Crippen LogP contribution in [-0.2, 0) is 24.9 Å². The molecule has 8 nitrogen and oxygen atoms in total. The van der Waals surface area contributed by atoms with Crippen molar-refractivity contribution >= 4 is 22.2 Å². The predicted molar refractivity (Wildman–Crippen MR) is 189 cm³/mol. The fraction of sp³-hybridized carbons (Fsp3) is 0.459. The standard InChI is InChI=1S/C37H48O8SSi/c1-34(2,3)33(45-47)35(4,5)44-29-16-14-27(15-17-29)41-21-9-20-37(38)31-19-18-30(43-25-40-8)22-32(31)46-23-36(37,6)26-10-12-28(13-11-26)42-24-39-7/h10-19,22,33,38H,21,23-25H2,1-8,47H3. The van der Waals surface area contributed by atoms with Gasteiger partial charge in [-0.25, -0.2) is 0 Å². The van der Waals surface area contributed by atoms with Gasteiger partial charge < -0.3 is 38.0 Å². The smallest absolute Gasteiger partial charge is 0.188 e. The third kappa shape index (κ3) is 8.47. The minimum atomic E-state index is -1.53. The van der Waals surface area contributed by atoms with Crippen LogP contribution in [0.4, 0.5) is 0 Å². The van der Waals surface area contributed by atoms with Crippen molar-refractivity contribution in [3.8, 4) is 34.8 Å². The van der Waals surface area contributed by atoms with E-state index < -0.39 is 16.6 Å². The van der Waals surface area contributed by atoms with E-state index in [9.17, 15) is 5.11 Å². The summed E-state index contributed by atoms with van der Waals surface area (Å²) in [6, 6.07) is 20.8. The van der Waals surface area contributed by atoms with Gasteiger partial charge in [0.2, 0.25) is 0 Å². The Hall–Kier alpha value is -3.17. The molecule has 0 fully saturated rings. The fourth-order valence-electron chi connectivity index (χ4n) is 6.23. The molecule has 3 aromatic carbocycles. The first-order chi connectivity index (χ1) is 22.3. The molecule has 0 spiro atoms. The summed E-state index contributed by atoms with van der Waals surface area (Å²) < 4.78 is 39.7. The molecule has 3 unspecified atom stereocenters. The number of ether oxygens (including phenoxy) is 6. The quantitative estimate of drug-likeness (QED) is 0.136. The zero-order valence-corrected chi connectivity index (χ0v) is 31.8. The van der Waals surface area contributed by atoms with Crippen LogP contribution in [0.25, 0.3) is 0 Å². The Morgan fingerprint density at radius 2 is 1.38 bits per heavy atom. The van der Waals surface area contributed by atoms with Crippen molar-refractivity contribution in [1.82, 2.24) is 0 Å². The van der Waals surface area contributed by atoms with Gasteiger partial charge in [-0.3, -0.25) is 0 Å². The van der Waals surface area contributed by atoms with Gasteiger partial charge in [0, 0.05) is 35.8 Å². The first kappa shape index (κ1) is 36.7. The molecule has 3 atom stereocenters. The van der Waals surface area contributed by atoms with Gasteiger partial charge in [0.25, 0.3) is 0 Å². The second-order valence-electron chi connectivity index (χ2n) is 13.4. The summed E-state index contributed by atoms with van der Waals surface area (Å²) in [5, 5.41) is 12.6. The van der Waals surface area contributed by atoms with Crippen LogP contribution in [0.3, 0.4) is 0 Å². The van der Waals surface area contributed by atoms with Crippen molar-refractivity contribution in [1.29, 1.82) is 0 Å². The molecule has 0 bridgehead atoms. The van der Waals surface area contributed by atoms with Crippen molar-refractivity contribution in [2.45, 2.75) is 69.2 Å². The van der Waals surface area contributed by atoms with Crippen LogP contribution in [-0.4, -0.2) is 67.5 Å². The predicted octanol–water partition coefficient (Wildman–Crippen LogP) is 5.85. The molecule has 0 saturated heterocycles. The SMILES string of the molecule is COCOc1ccc(C2(C)CSc3cc(OCOC)ccc3C2(O)C#CCOc2ccc(OC(C)(C)C(O[SiH3])C(C)(C)C)cc2)cc1. The number of aliphatic hydroxyl groups is 1. The minimum Gasteiger partial charge on any atom is -0.485 e. The molecule has 254 valence electrons. The second kappa shape index (κ2) is 15.4. The topological polar surface area (TPSA) is 84.8 Å². The lowest BCUT2D eigenvalue weighted by Crippen LogP contribution is -2.50. The third-order valence-electron chi connectivity index (χ3n) is 8.27. The Bertz CT molecular complexity index is 1530. The Labute approximate surface area is 286 Å². The molecule has 3 aromatic rings. The van der Waals surface area contributed by atoms with Crippen LogP contribution < -0.4 is 18.9 Å². The van der Waals surface area contributed by atoms with E-state index in [1.54, 1.807) is 26.0 Å². The van der Waals surface area contributed by atoms with Crippen molar-refractivity contribution in [2.75, 3.05) is 40.2 Å². The monoisotopic (exact) mass is 680 g/mol. The zero-order valence-electron chi connectivity index (χ0n) is 29.0. The van der Waals surface area contributed by atoms with Crippen LogP contribution >= 0.6 is 11.8 Å². The van der Waals surface area contributed by atoms with Gasteiger partial charge in [-0.05, 0) is 73.4 Å². The normalized spacial score (nSPS) is 20.0. The molecular formula is C37H48O8SSi. The maximum atomic E-state index is 12.6. The number of fused-ring (bicyclic) bond motifs is 1. The molecule has 0 aromatic heterocycles. The van der Waals surface area contributed by atoms with Gasteiger partial charge in [-0.2, -0.15) is 0 Å². The Morgan fingerprint density at radius 3 is 1.98 bits per heavy atom. The highest BCUT2D eigenvalue weighted by Crippen LogP contribution is 2.53. The Kier molecular flexibility index (Phi) is 12.0. The Balaban J connectivity index is 1.56. The van der Waals surface area contributed by atoms with E-state index in [0.29, 0.717) is 39.1 Å². The third-order valence-corrected chi connectivity index (χ3v) is 10.1. The number of benzene rings is 3. The van der Waals surface area contributed by atoms with Crippen LogP contribution in [0.5, 0.6) is 23.0 Å². The van der Waals surface area contributed by atoms with Gasteiger partial charge in [0.1, 0.15) is 45.7 Å². The summed E-state index contributed by atoms with van der Waals surface area (Å²) in [6.45, 7) is 13.0. The van der Waals surface area contributed by atoms with Crippen molar-refractivity contribution in [2.24, 2.45) is 5.41 Å². The first-order valence-corrected chi connectivity index (χ1v) is 17.4. The summed E-state index contributed by atoms with van der Waals surface area (Å²) in [7, 11) is 3.79. The van der Waals surface area contributed by atoms with E-state index in [4.69, 9.17) is 32.8 Å². The van der Waals surface area contributed by atoms with Gasteiger partial charge in [-0.15, -0.1) is 11.8 Å². The summed E-state index contributed by atoms with van der Waals surface area (Å²) in [5.41, 5.74) is -1.22. The molecule has 1 aliphatic rings. The Morgan fingerprint density at radius 1 is 0.830 bits per heavy atom. The molecule has 1 heterocycles. The maximum Gasteiger partial charge on any atom is 0.188 e. The van der Waals surface area contributed by atoms with Gasteiger partial charge >= 0.3 is 0 Å². The lowest BCUT2D eigenvalue weighted by atomic mass is 9.66. The van der Waals surface area contributed by atoms with Gasteiger partial charge in [0.05, 0.1) is 6.10 Å². The summed E-state index contributed by atoms with van der Waals surface area (Å²) in [4.78, 5) is 0.900. The highest BCUT2D eigenvalue weighted by Gasteiger charge is 2.52. The molecule has 0 aliphatic carbocycles. The lowest BCUT2D eigenvalue weighted by molar-refractivity contribution is -0.0641. The van der Waals surface area contributed by atoms with E-state index in [2.05, 4.69) is 46.5 Å². The summed E-state index contributed by atoms with van der Waals surface area (Å²) in [5.74, 6) is 9.64. The van der Waals surface area contributed by atoms with Crippen LogP contribution in [0.15, 0.2) is 71.6 Å². The second-order valence-corrected chi connectivity index (χ2v) is 14.9. The van der Waals surface area contributed by atoms with E-state index in [0.717, 1.165) is 16.2 Å². The molecule has 47 heavy (non-hydrogen) atoms. The molecule has 0 amide bonds. The van der Waals surface area contributed by atoms with Crippen molar-refractivity contribution < 1.29 is 38.0 Å². The summed E-state index contributed by atoms with van der Waals surface area (Å²) >= 11 is 1.66. The summed E-state index contributed by atoms with van der Waals surface area (Å²) in [6.07, 6.45) is -0.0564. The molecule has 1 aliphatic heterocycles. The van der Waals surface area contributed by atoms with Crippen molar-refractivity contribution in [3.05, 3.63) is 77.9 Å². The first-order valence-electron chi connectivity index (χ1n) is 15.6. The van der Waals surface area contributed by atoms with Gasteiger partial charge in [-0.1, -0.05) is 57.7 Å². The maximum absolute atomic E-state index is 12.6. The molecular weight excluding hydrogens is 633 g/mol. The van der Waals surface area contributed by atoms with Crippen LogP contribution in [0, 0.1) is 17.3 Å². The molecule has 4 rings (SSSR count). The van der Waals surface area contributed by atoms with Gasteiger partial charge in [0.15, 0.2) is 19.2 Å². The number of hydrogen-bond donors (Lipinski definition) is 1. The highest BCUT2D eigenvalue weighted by molar-refractivity contribution is 7.99. The van der Waals surface area contributed by atoms with Crippen LogP contribution in [0.2, 0.25) is 0 Å². The molecule has 0 saturated carbocycles. The van der Waals surface area contributed by atoms with E-state index in [-0.39, 0.29) is 31.7 Å². The zero-order chi connectivity index (χ0) is 34.3. The molecule has 1 N–H and O–H groups in total. The number of rotatable bonds is 13. The van der Waals surface area contributed by atoms with Crippen molar-refractivity contribution in [3.63, 3.8) is 0 Å². The number of methoxy groups -OCH3 is 2.